The fourth-order valence-electron chi connectivity index (χ4n) is 2.06. The Labute approximate surface area is 135 Å². The molecule has 2 rings (SSSR count). The van der Waals surface area contributed by atoms with Crippen LogP contribution in [0.4, 0.5) is 4.39 Å². The summed E-state index contributed by atoms with van der Waals surface area (Å²) in [4.78, 5) is 12.2. The smallest absolute Gasteiger partial charge is 0.251 e. The van der Waals surface area contributed by atoms with E-state index >= 15 is 0 Å². The van der Waals surface area contributed by atoms with Crippen molar-refractivity contribution in [2.24, 2.45) is 0 Å². The Bertz CT molecular complexity index is 673. The third-order valence-corrected chi connectivity index (χ3v) is 3.28. The molecular formula is C18H20FNO3. The average molecular weight is 317 g/mol. The molecule has 0 aliphatic carbocycles. The van der Waals surface area contributed by atoms with Gasteiger partial charge in [-0.15, -0.1) is 0 Å². The molecule has 1 amide bonds. The quantitative estimate of drug-likeness (QED) is 0.849. The molecule has 1 N–H and O–H groups in total. The first-order valence-corrected chi connectivity index (χ1v) is 7.48. The van der Waals surface area contributed by atoms with Crippen LogP contribution in [0, 0.1) is 5.82 Å². The minimum atomic E-state index is -0.339. The summed E-state index contributed by atoms with van der Waals surface area (Å²) in [5.74, 6) is 0.458. The van der Waals surface area contributed by atoms with Crippen LogP contribution in [0.3, 0.4) is 0 Å². The highest BCUT2D eigenvalue weighted by Crippen LogP contribution is 2.28. The molecule has 23 heavy (non-hydrogen) atoms. The summed E-state index contributed by atoms with van der Waals surface area (Å²) in [5.41, 5.74) is 0.873. The number of carbonyl (C=O) groups is 1. The molecule has 0 aliphatic heterocycles. The average Bonchev–Trinajstić information content (AvgIpc) is 2.58. The lowest BCUT2D eigenvalue weighted by Gasteiger charge is -2.12. The topological polar surface area (TPSA) is 47.6 Å². The zero-order valence-corrected chi connectivity index (χ0v) is 13.3. The summed E-state index contributed by atoms with van der Waals surface area (Å²) >= 11 is 0. The number of amides is 1. The van der Waals surface area contributed by atoms with Gasteiger partial charge in [-0.2, -0.15) is 0 Å². The van der Waals surface area contributed by atoms with Gasteiger partial charge in [0.05, 0.1) is 13.7 Å². The molecule has 0 unspecified atom stereocenters. The molecule has 0 spiro atoms. The molecule has 0 saturated heterocycles. The molecule has 0 aromatic heterocycles. The predicted molar refractivity (Wildman–Crippen MR) is 86.4 cm³/mol. The van der Waals surface area contributed by atoms with E-state index in [0.717, 1.165) is 6.42 Å². The van der Waals surface area contributed by atoms with E-state index in [4.69, 9.17) is 9.47 Å². The first-order valence-electron chi connectivity index (χ1n) is 7.48. The van der Waals surface area contributed by atoms with Gasteiger partial charge in [0.25, 0.3) is 5.91 Å². The largest absolute Gasteiger partial charge is 0.493 e. The van der Waals surface area contributed by atoms with Crippen molar-refractivity contribution in [1.82, 2.24) is 5.32 Å². The Balaban J connectivity index is 2.06. The van der Waals surface area contributed by atoms with Crippen molar-refractivity contribution in [3.63, 3.8) is 0 Å². The SMILES string of the molecule is CCCOc1ccc(C(=O)NCc2ccccc2F)cc1OC. The number of methoxy groups -OCH3 is 1. The first-order chi connectivity index (χ1) is 11.2. The number of nitrogens with one attached hydrogen (secondary N) is 1. The number of ether oxygens (including phenoxy) is 2. The zero-order chi connectivity index (χ0) is 16.7. The maximum atomic E-state index is 13.5. The van der Waals surface area contributed by atoms with Crippen LogP contribution in [0.25, 0.3) is 0 Å². The van der Waals surface area contributed by atoms with E-state index in [1.807, 2.05) is 6.92 Å². The Morgan fingerprint density at radius 3 is 2.65 bits per heavy atom. The normalized spacial score (nSPS) is 10.2. The van der Waals surface area contributed by atoms with E-state index in [0.29, 0.717) is 29.2 Å². The summed E-state index contributed by atoms with van der Waals surface area (Å²) in [6.45, 7) is 2.72. The first kappa shape index (κ1) is 16.8. The Morgan fingerprint density at radius 2 is 1.96 bits per heavy atom. The number of halogens is 1. The van der Waals surface area contributed by atoms with Crippen molar-refractivity contribution in [3.05, 3.63) is 59.4 Å². The van der Waals surface area contributed by atoms with Gasteiger partial charge in [0.2, 0.25) is 0 Å². The van der Waals surface area contributed by atoms with Gasteiger partial charge in [0.15, 0.2) is 11.5 Å². The van der Waals surface area contributed by atoms with Crippen molar-refractivity contribution in [1.29, 1.82) is 0 Å². The molecule has 122 valence electrons. The van der Waals surface area contributed by atoms with Gasteiger partial charge in [-0.25, -0.2) is 4.39 Å². The van der Waals surface area contributed by atoms with E-state index in [1.54, 1.807) is 36.4 Å². The number of rotatable bonds is 7. The van der Waals surface area contributed by atoms with E-state index in [1.165, 1.54) is 13.2 Å². The van der Waals surface area contributed by atoms with Gasteiger partial charge in [-0.05, 0) is 30.7 Å². The lowest BCUT2D eigenvalue weighted by molar-refractivity contribution is 0.0950. The van der Waals surface area contributed by atoms with Crippen LogP contribution in [-0.4, -0.2) is 19.6 Å². The van der Waals surface area contributed by atoms with E-state index < -0.39 is 0 Å². The standard InChI is InChI=1S/C18H20FNO3/c1-3-10-23-16-9-8-13(11-17(16)22-2)18(21)20-12-14-6-4-5-7-15(14)19/h4-9,11H,3,10,12H2,1-2H3,(H,20,21). The molecule has 0 heterocycles. The number of carbonyl (C=O) groups excluding carboxylic acids is 1. The Morgan fingerprint density at radius 1 is 1.17 bits per heavy atom. The number of hydrogen-bond acceptors (Lipinski definition) is 3. The molecule has 4 nitrogen and oxygen atoms in total. The van der Waals surface area contributed by atoms with Crippen molar-refractivity contribution in [2.45, 2.75) is 19.9 Å². The maximum Gasteiger partial charge on any atom is 0.251 e. The van der Waals surface area contributed by atoms with E-state index in [-0.39, 0.29) is 18.3 Å². The molecule has 2 aromatic carbocycles. The molecular weight excluding hydrogens is 297 g/mol. The van der Waals surface area contributed by atoms with Crippen molar-refractivity contribution in [2.75, 3.05) is 13.7 Å². The summed E-state index contributed by atoms with van der Waals surface area (Å²) in [7, 11) is 1.52. The minimum Gasteiger partial charge on any atom is -0.493 e. The van der Waals surface area contributed by atoms with Crippen LogP contribution in [0.5, 0.6) is 11.5 Å². The molecule has 0 atom stereocenters. The van der Waals surface area contributed by atoms with Gasteiger partial charge in [-0.3, -0.25) is 4.79 Å². The van der Waals surface area contributed by atoms with Gasteiger partial charge in [0.1, 0.15) is 5.82 Å². The molecule has 0 saturated carbocycles. The second kappa shape index (κ2) is 8.17. The summed E-state index contributed by atoms with van der Waals surface area (Å²) in [5, 5.41) is 2.69. The fraction of sp³-hybridized carbons (Fsp3) is 0.278. The highest BCUT2D eigenvalue weighted by atomic mass is 19.1. The highest BCUT2D eigenvalue weighted by molar-refractivity contribution is 5.94. The molecule has 2 aromatic rings. The Kier molecular flexibility index (Phi) is 5.97. The van der Waals surface area contributed by atoms with Crippen LogP contribution >= 0.6 is 0 Å². The van der Waals surface area contributed by atoms with Crippen LogP contribution in [-0.2, 0) is 6.54 Å². The molecule has 0 radical (unpaired) electrons. The predicted octanol–water partition coefficient (Wildman–Crippen LogP) is 3.55. The highest BCUT2D eigenvalue weighted by Gasteiger charge is 2.11. The lowest BCUT2D eigenvalue weighted by atomic mass is 10.1. The van der Waals surface area contributed by atoms with Crippen molar-refractivity contribution in [3.8, 4) is 11.5 Å². The summed E-state index contributed by atoms with van der Waals surface area (Å²) < 4.78 is 24.3. The third-order valence-electron chi connectivity index (χ3n) is 3.28. The van der Waals surface area contributed by atoms with E-state index in [9.17, 15) is 9.18 Å². The zero-order valence-electron chi connectivity index (χ0n) is 13.3. The minimum absolute atomic E-state index is 0.127. The summed E-state index contributed by atoms with van der Waals surface area (Å²) in [6.07, 6.45) is 0.883. The van der Waals surface area contributed by atoms with Crippen molar-refractivity contribution < 1.29 is 18.7 Å². The number of hydrogen-bond donors (Lipinski definition) is 1. The van der Waals surface area contributed by atoms with Crippen LogP contribution in [0.1, 0.15) is 29.3 Å². The molecule has 0 aliphatic rings. The van der Waals surface area contributed by atoms with Crippen LogP contribution < -0.4 is 14.8 Å². The van der Waals surface area contributed by atoms with Crippen LogP contribution in [0.2, 0.25) is 0 Å². The van der Waals surface area contributed by atoms with Gasteiger partial charge < -0.3 is 14.8 Å². The lowest BCUT2D eigenvalue weighted by Crippen LogP contribution is -2.23. The maximum absolute atomic E-state index is 13.5. The van der Waals surface area contributed by atoms with Crippen LogP contribution in [0.15, 0.2) is 42.5 Å². The van der Waals surface area contributed by atoms with Gasteiger partial charge in [0, 0.05) is 17.7 Å². The van der Waals surface area contributed by atoms with Gasteiger partial charge in [-0.1, -0.05) is 25.1 Å². The molecule has 0 bridgehead atoms. The second-order valence-electron chi connectivity index (χ2n) is 4.99. The Hall–Kier alpha value is -2.56. The van der Waals surface area contributed by atoms with E-state index in [2.05, 4.69) is 5.32 Å². The summed E-state index contributed by atoms with van der Waals surface area (Å²) in [6, 6.07) is 11.3. The number of benzene rings is 2. The van der Waals surface area contributed by atoms with Crippen molar-refractivity contribution >= 4 is 5.91 Å². The second-order valence-corrected chi connectivity index (χ2v) is 4.99. The van der Waals surface area contributed by atoms with Gasteiger partial charge >= 0.3 is 0 Å². The fourth-order valence-corrected chi connectivity index (χ4v) is 2.06. The molecule has 5 heteroatoms. The monoisotopic (exact) mass is 317 g/mol. The third kappa shape index (κ3) is 4.45. The molecule has 0 fully saturated rings.